The maximum atomic E-state index is 12.4. The molecule has 3 aliphatic rings. The van der Waals surface area contributed by atoms with Crippen LogP contribution in [0.4, 0.5) is 0 Å². The summed E-state index contributed by atoms with van der Waals surface area (Å²) in [6.07, 6.45) is 9.61. The van der Waals surface area contributed by atoms with Crippen molar-refractivity contribution in [3.63, 3.8) is 0 Å². The van der Waals surface area contributed by atoms with Crippen LogP contribution in [-0.2, 0) is 14.3 Å². The molecule has 0 aromatic heterocycles. The van der Waals surface area contributed by atoms with Crippen LogP contribution in [0, 0.1) is 11.8 Å². The highest BCUT2D eigenvalue weighted by molar-refractivity contribution is 5.81. The molecule has 3 rings (SSSR count). The summed E-state index contributed by atoms with van der Waals surface area (Å²) in [6, 6.07) is 0.197. The first-order chi connectivity index (χ1) is 10.6. The van der Waals surface area contributed by atoms with Crippen molar-refractivity contribution in [1.29, 1.82) is 0 Å². The lowest BCUT2D eigenvalue weighted by molar-refractivity contribution is -0.141. The first-order valence-electron chi connectivity index (χ1n) is 8.75. The molecule has 1 aliphatic heterocycles. The number of hydrogen-bond donors (Lipinski definition) is 2. The van der Waals surface area contributed by atoms with Crippen LogP contribution in [0.5, 0.6) is 0 Å². The van der Waals surface area contributed by atoms with E-state index in [2.05, 4.69) is 5.32 Å². The Balaban J connectivity index is 1.52. The van der Waals surface area contributed by atoms with E-state index in [-0.39, 0.29) is 29.4 Å². The largest absolute Gasteiger partial charge is 0.481 e. The second-order valence-corrected chi connectivity index (χ2v) is 7.34. The Morgan fingerprint density at radius 3 is 2.45 bits per heavy atom. The zero-order valence-corrected chi connectivity index (χ0v) is 13.2. The van der Waals surface area contributed by atoms with Crippen molar-refractivity contribution in [2.24, 2.45) is 11.8 Å². The molecule has 2 aliphatic carbocycles. The molecule has 0 aromatic rings. The minimum Gasteiger partial charge on any atom is -0.481 e. The lowest BCUT2D eigenvalue weighted by atomic mass is 9.78. The monoisotopic (exact) mass is 309 g/mol. The molecule has 3 fully saturated rings. The van der Waals surface area contributed by atoms with Gasteiger partial charge in [-0.25, -0.2) is 0 Å². The lowest BCUT2D eigenvalue weighted by Crippen LogP contribution is -2.50. The molecule has 5 heteroatoms. The smallest absolute Gasteiger partial charge is 0.306 e. The number of amides is 1. The van der Waals surface area contributed by atoms with Gasteiger partial charge in [0.1, 0.15) is 0 Å². The summed E-state index contributed by atoms with van der Waals surface area (Å²) in [5.41, 5.74) is -0.00623. The van der Waals surface area contributed by atoms with Gasteiger partial charge in [-0.2, -0.15) is 0 Å². The molecule has 0 aromatic carbocycles. The van der Waals surface area contributed by atoms with Crippen LogP contribution in [0.1, 0.15) is 64.2 Å². The Bertz CT molecular complexity index is 425. The molecule has 22 heavy (non-hydrogen) atoms. The van der Waals surface area contributed by atoms with Crippen molar-refractivity contribution in [3.05, 3.63) is 0 Å². The van der Waals surface area contributed by atoms with Crippen LogP contribution in [0.2, 0.25) is 0 Å². The van der Waals surface area contributed by atoms with Gasteiger partial charge in [-0.15, -0.1) is 0 Å². The number of aliphatic carboxylic acids is 1. The molecule has 1 saturated heterocycles. The fraction of sp³-hybridized carbons (Fsp3) is 0.882. The molecule has 0 bridgehead atoms. The summed E-state index contributed by atoms with van der Waals surface area (Å²) in [6.45, 7) is 0.730. The highest BCUT2D eigenvalue weighted by Gasteiger charge is 2.40. The summed E-state index contributed by atoms with van der Waals surface area (Å²) in [4.78, 5) is 23.4. The molecule has 2 N–H and O–H groups in total. The molecule has 124 valence electrons. The first-order valence-corrected chi connectivity index (χ1v) is 8.75. The quantitative estimate of drug-likeness (QED) is 0.840. The number of ether oxygens (including phenoxy) is 1. The van der Waals surface area contributed by atoms with E-state index < -0.39 is 5.97 Å². The second-order valence-electron chi connectivity index (χ2n) is 7.34. The molecule has 1 heterocycles. The van der Waals surface area contributed by atoms with Crippen molar-refractivity contribution >= 4 is 11.9 Å². The van der Waals surface area contributed by atoms with Gasteiger partial charge >= 0.3 is 5.97 Å². The normalized spacial score (nSPS) is 34.5. The van der Waals surface area contributed by atoms with E-state index in [9.17, 15) is 9.59 Å². The van der Waals surface area contributed by atoms with Crippen LogP contribution < -0.4 is 5.32 Å². The molecular formula is C17H27NO4. The van der Waals surface area contributed by atoms with E-state index in [1.807, 2.05) is 0 Å². The van der Waals surface area contributed by atoms with E-state index in [1.54, 1.807) is 0 Å². The summed E-state index contributed by atoms with van der Waals surface area (Å²) in [7, 11) is 0. The van der Waals surface area contributed by atoms with E-state index in [0.717, 1.165) is 32.3 Å². The molecule has 0 radical (unpaired) electrons. The maximum Gasteiger partial charge on any atom is 0.306 e. The van der Waals surface area contributed by atoms with Crippen LogP contribution >= 0.6 is 0 Å². The fourth-order valence-electron chi connectivity index (χ4n) is 4.46. The molecule has 5 nitrogen and oxygen atoms in total. The van der Waals surface area contributed by atoms with Gasteiger partial charge in [0.15, 0.2) is 0 Å². The zero-order chi connectivity index (χ0) is 15.6. The Kier molecular flexibility index (Phi) is 4.71. The molecule has 1 unspecified atom stereocenters. The van der Waals surface area contributed by atoms with Gasteiger partial charge < -0.3 is 15.2 Å². The Hall–Kier alpha value is -1.10. The van der Waals surface area contributed by atoms with Crippen molar-refractivity contribution in [3.8, 4) is 0 Å². The number of carbonyl (C=O) groups is 2. The van der Waals surface area contributed by atoms with E-state index in [1.165, 1.54) is 19.3 Å². The van der Waals surface area contributed by atoms with Gasteiger partial charge in [0.25, 0.3) is 0 Å². The average Bonchev–Trinajstić information content (AvgIpc) is 2.98. The van der Waals surface area contributed by atoms with Gasteiger partial charge in [0.05, 0.1) is 11.5 Å². The fourth-order valence-corrected chi connectivity index (χ4v) is 4.46. The minimum atomic E-state index is -0.762. The van der Waals surface area contributed by atoms with E-state index in [4.69, 9.17) is 9.84 Å². The molecule has 1 spiro atoms. The topological polar surface area (TPSA) is 75.6 Å². The molecular weight excluding hydrogens is 282 g/mol. The van der Waals surface area contributed by atoms with Gasteiger partial charge in [-0.3, -0.25) is 9.59 Å². The minimum absolute atomic E-state index is 0.00623. The van der Waals surface area contributed by atoms with Gasteiger partial charge in [0, 0.05) is 18.6 Å². The summed E-state index contributed by atoms with van der Waals surface area (Å²) >= 11 is 0. The number of nitrogens with one attached hydrogen (secondary N) is 1. The van der Waals surface area contributed by atoms with Crippen molar-refractivity contribution < 1.29 is 19.4 Å². The zero-order valence-electron chi connectivity index (χ0n) is 13.2. The number of rotatable bonds is 3. The average molecular weight is 309 g/mol. The Morgan fingerprint density at radius 1 is 1.05 bits per heavy atom. The maximum absolute atomic E-state index is 12.4. The first kappa shape index (κ1) is 15.8. The number of carboxylic acids is 1. The molecule has 3 atom stereocenters. The number of carboxylic acid groups (broad SMARTS) is 1. The van der Waals surface area contributed by atoms with Crippen LogP contribution in [-0.4, -0.2) is 35.2 Å². The standard InChI is InChI=1S/C17H27NO4/c19-15(12-4-5-13(10-12)16(20)21)18-14-6-9-22-17(11-14)7-2-1-3-8-17/h12-14H,1-11H2,(H,18,19)(H,20,21)/t12-,13+,14?/m0/s1. The van der Waals surface area contributed by atoms with Crippen molar-refractivity contribution in [1.82, 2.24) is 5.32 Å². The lowest BCUT2D eigenvalue weighted by Gasteiger charge is -2.43. The molecule has 1 amide bonds. The third-order valence-electron chi connectivity index (χ3n) is 5.76. The number of hydrogen-bond acceptors (Lipinski definition) is 3. The van der Waals surface area contributed by atoms with Gasteiger partial charge in [-0.05, 0) is 44.9 Å². The summed E-state index contributed by atoms with van der Waals surface area (Å²) in [5, 5.41) is 12.2. The Labute approximate surface area is 131 Å². The van der Waals surface area contributed by atoms with Crippen molar-refractivity contribution in [2.75, 3.05) is 6.61 Å². The van der Waals surface area contributed by atoms with Gasteiger partial charge in [0.2, 0.25) is 5.91 Å². The SMILES string of the molecule is O=C(O)[C@@H]1CC[C@H](C(=O)NC2CCOC3(CCCCC3)C2)C1. The van der Waals surface area contributed by atoms with Gasteiger partial charge in [-0.1, -0.05) is 19.3 Å². The predicted octanol–water partition coefficient (Wildman–Crippen LogP) is 2.49. The Morgan fingerprint density at radius 2 is 1.77 bits per heavy atom. The second kappa shape index (κ2) is 6.57. The summed E-state index contributed by atoms with van der Waals surface area (Å²) < 4.78 is 6.06. The van der Waals surface area contributed by atoms with E-state index >= 15 is 0 Å². The number of carbonyl (C=O) groups excluding carboxylic acids is 1. The van der Waals surface area contributed by atoms with Crippen molar-refractivity contribution in [2.45, 2.75) is 75.9 Å². The third kappa shape index (κ3) is 3.45. The molecule has 2 saturated carbocycles. The third-order valence-corrected chi connectivity index (χ3v) is 5.76. The predicted molar refractivity (Wildman–Crippen MR) is 81.4 cm³/mol. The van der Waals surface area contributed by atoms with Crippen LogP contribution in [0.15, 0.2) is 0 Å². The summed E-state index contributed by atoms with van der Waals surface area (Å²) in [5.74, 6) is -1.16. The van der Waals surface area contributed by atoms with Crippen LogP contribution in [0.3, 0.4) is 0 Å². The van der Waals surface area contributed by atoms with E-state index in [0.29, 0.717) is 19.3 Å². The highest BCUT2D eigenvalue weighted by Crippen LogP contribution is 2.39. The highest BCUT2D eigenvalue weighted by atomic mass is 16.5. The van der Waals surface area contributed by atoms with Crippen LogP contribution in [0.25, 0.3) is 0 Å².